The van der Waals surface area contributed by atoms with Gasteiger partial charge in [-0.3, -0.25) is 9.79 Å². The highest BCUT2D eigenvalue weighted by Gasteiger charge is 2.12. The van der Waals surface area contributed by atoms with E-state index in [1.807, 2.05) is 37.3 Å². The fraction of sp³-hybridized carbons (Fsp3) is 0.300. The van der Waals surface area contributed by atoms with Crippen molar-refractivity contribution in [1.82, 2.24) is 16.0 Å². The molecule has 0 aliphatic heterocycles. The zero-order valence-corrected chi connectivity index (χ0v) is 19.9. The van der Waals surface area contributed by atoms with Gasteiger partial charge in [0.1, 0.15) is 0 Å². The second-order valence-corrected chi connectivity index (χ2v) is 6.90. The number of carbonyl (C=O) groups excluding carboxylic acids is 1. The topological polar surface area (TPSA) is 65.5 Å². The molecule has 0 radical (unpaired) electrons. The van der Waals surface area contributed by atoms with Crippen LogP contribution in [0.2, 0.25) is 10.0 Å². The molecule has 0 spiro atoms. The molecule has 0 aromatic heterocycles. The molecule has 1 amide bonds. The zero-order chi connectivity index (χ0) is 19.8. The van der Waals surface area contributed by atoms with Crippen molar-refractivity contribution < 1.29 is 4.79 Å². The van der Waals surface area contributed by atoms with Crippen molar-refractivity contribution >= 4 is 59.0 Å². The number of nitrogens with one attached hydrogen (secondary N) is 3. The number of amides is 1. The van der Waals surface area contributed by atoms with Crippen LogP contribution in [0.25, 0.3) is 0 Å². The average Bonchev–Trinajstić information content (AvgIpc) is 2.66. The Hall–Kier alpha value is -1.51. The van der Waals surface area contributed by atoms with Gasteiger partial charge in [-0.2, -0.15) is 0 Å². The molecule has 0 saturated heterocycles. The highest BCUT2D eigenvalue weighted by atomic mass is 127. The van der Waals surface area contributed by atoms with Gasteiger partial charge in [-0.25, -0.2) is 0 Å². The van der Waals surface area contributed by atoms with Gasteiger partial charge in [-0.15, -0.1) is 24.0 Å². The third-order valence-electron chi connectivity index (χ3n) is 4.13. The fourth-order valence-corrected chi connectivity index (χ4v) is 3.24. The molecular weight excluding hydrogens is 510 g/mol. The number of carbonyl (C=O) groups is 1. The first-order valence-corrected chi connectivity index (χ1v) is 9.43. The second kappa shape index (κ2) is 12.1. The first kappa shape index (κ1) is 24.5. The highest BCUT2D eigenvalue weighted by Crippen LogP contribution is 2.25. The number of rotatable bonds is 6. The Bertz CT molecular complexity index is 830. The van der Waals surface area contributed by atoms with E-state index in [9.17, 15) is 4.79 Å². The lowest BCUT2D eigenvalue weighted by Crippen LogP contribution is -2.39. The van der Waals surface area contributed by atoms with E-state index in [1.54, 1.807) is 26.2 Å². The third-order valence-corrected chi connectivity index (χ3v) is 4.69. The number of aliphatic imine (C=N–C) groups is 1. The van der Waals surface area contributed by atoms with Crippen LogP contribution in [-0.2, 0) is 6.42 Å². The predicted octanol–water partition coefficient (Wildman–Crippen LogP) is 4.44. The predicted molar refractivity (Wildman–Crippen MR) is 128 cm³/mol. The Kier molecular flexibility index (Phi) is 10.6. The molecule has 0 fully saturated rings. The molecule has 8 heteroatoms. The first-order valence-electron chi connectivity index (χ1n) is 8.67. The van der Waals surface area contributed by atoms with E-state index in [2.05, 4.69) is 20.9 Å². The lowest BCUT2D eigenvalue weighted by molar-refractivity contribution is 0.0963. The minimum absolute atomic E-state index is 0. The van der Waals surface area contributed by atoms with Crippen LogP contribution in [0.15, 0.2) is 47.5 Å². The number of hydrogen-bond acceptors (Lipinski definition) is 2. The number of guanidine groups is 1. The molecule has 0 heterocycles. The SMILES string of the molecule is CN=C(NCCc1cccc(C(=O)NC)c1)NC(C)c1ccc(Cl)cc1Cl.I. The number of benzene rings is 2. The molecule has 152 valence electrons. The van der Waals surface area contributed by atoms with Crippen LogP contribution < -0.4 is 16.0 Å². The Labute approximate surface area is 193 Å². The summed E-state index contributed by atoms with van der Waals surface area (Å²) in [6.45, 7) is 2.69. The van der Waals surface area contributed by atoms with Crippen molar-refractivity contribution in [2.24, 2.45) is 4.99 Å². The summed E-state index contributed by atoms with van der Waals surface area (Å²) in [5, 5.41) is 10.5. The van der Waals surface area contributed by atoms with Crippen LogP contribution in [0.5, 0.6) is 0 Å². The fourth-order valence-electron chi connectivity index (χ4n) is 2.67. The molecule has 2 aromatic carbocycles. The van der Waals surface area contributed by atoms with E-state index in [4.69, 9.17) is 23.2 Å². The van der Waals surface area contributed by atoms with Gasteiger partial charge in [0, 0.05) is 36.2 Å². The molecule has 28 heavy (non-hydrogen) atoms. The summed E-state index contributed by atoms with van der Waals surface area (Å²) in [5.74, 6) is 0.590. The van der Waals surface area contributed by atoms with Gasteiger partial charge < -0.3 is 16.0 Å². The summed E-state index contributed by atoms with van der Waals surface area (Å²) in [6, 6.07) is 13.0. The van der Waals surface area contributed by atoms with Gasteiger partial charge >= 0.3 is 0 Å². The van der Waals surface area contributed by atoms with Crippen molar-refractivity contribution in [1.29, 1.82) is 0 Å². The minimum atomic E-state index is -0.0871. The molecule has 5 nitrogen and oxygen atoms in total. The lowest BCUT2D eigenvalue weighted by Gasteiger charge is -2.19. The van der Waals surface area contributed by atoms with Gasteiger partial charge in [0.15, 0.2) is 5.96 Å². The van der Waals surface area contributed by atoms with Crippen LogP contribution in [-0.4, -0.2) is 32.5 Å². The smallest absolute Gasteiger partial charge is 0.251 e. The minimum Gasteiger partial charge on any atom is -0.356 e. The van der Waals surface area contributed by atoms with Gasteiger partial charge in [-0.05, 0) is 48.7 Å². The number of nitrogens with zero attached hydrogens (tertiary/aromatic N) is 1. The monoisotopic (exact) mass is 534 g/mol. The van der Waals surface area contributed by atoms with Crippen LogP contribution in [0, 0.1) is 0 Å². The van der Waals surface area contributed by atoms with Gasteiger partial charge in [-0.1, -0.05) is 41.4 Å². The molecular formula is C20H25Cl2IN4O. The summed E-state index contributed by atoms with van der Waals surface area (Å²) in [4.78, 5) is 16.0. The summed E-state index contributed by atoms with van der Waals surface area (Å²) in [6.07, 6.45) is 0.765. The number of hydrogen-bond donors (Lipinski definition) is 3. The maximum atomic E-state index is 11.7. The molecule has 2 aromatic rings. The molecule has 3 N–H and O–H groups in total. The third kappa shape index (κ3) is 7.14. The van der Waals surface area contributed by atoms with Crippen LogP contribution in [0.4, 0.5) is 0 Å². The molecule has 2 rings (SSSR count). The average molecular weight is 535 g/mol. The van der Waals surface area contributed by atoms with Gasteiger partial charge in [0.2, 0.25) is 0 Å². The van der Waals surface area contributed by atoms with Gasteiger partial charge in [0.05, 0.1) is 6.04 Å². The van der Waals surface area contributed by atoms with Crippen molar-refractivity contribution in [3.63, 3.8) is 0 Å². The first-order chi connectivity index (χ1) is 12.9. The van der Waals surface area contributed by atoms with Crippen molar-refractivity contribution in [2.75, 3.05) is 20.6 Å². The molecule has 0 saturated carbocycles. The lowest BCUT2D eigenvalue weighted by atomic mass is 10.1. The second-order valence-electron chi connectivity index (χ2n) is 6.06. The maximum absolute atomic E-state index is 11.7. The van der Waals surface area contributed by atoms with E-state index in [1.165, 1.54) is 0 Å². The molecule has 1 atom stereocenters. The normalized spacial score (nSPS) is 12.0. The van der Waals surface area contributed by atoms with E-state index < -0.39 is 0 Å². The van der Waals surface area contributed by atoms with E-state index in [0.717, 1.165) is 17.5 Å². The van der Waals surface area contributed by atoms with E-state index in [-0.39, 0.29) is 35.9 Å². The van der Waals surface area contributed by atoms with Crippen LogP contribution >= 0.6 is 47.2 Å². The highest BCUT2D eigenvalue weighted by molar-refractivity contribution is 14.0. The van der Waals surface area contributed by atoms with Crippen molar-refractivity contribution in [2.45, 2.75) is 19.4 Å². The van der Waals surface area contributed by atoms with Crippen molar-refractivity contribution in [3.8, 4) is 0 Å². The maximum Gasteiger partial charge on any atom is 0.251 e. The summed E-state index contributed by atoms with van der Waals surface area (Å²) in [7, 11) is 3.35. The zero-order valence-electron chi connectivity index (χ0n) is 16.1. The Morgan fingerprint density at radius 1 is 1.18 bits per heavy atom. The Balaban J connectivity index is 0.00000392. The number of halogens is 3. The summed E-state index contributed by atoms with van der Waals surface area (Å²) in [5.41, 5.74) is 2.68. The Morgan fingerprint density at radius 2 is 1.93 bits per heavy atom. The van der Waals surface area contributed by atoms with Crippen LogP contribution in [0.1, 0.15) is 34.5 Å². The standard InChI is InChI=1S/C20H24Cl2N4O.HI/c1-13(17-8-7-16(21)12-18(17)22)26-20(24-3)25-10-9-14-5-4-6-15(11-14)19(27)23-2;/h4-8,11-13H,9-10H2,1-3H3,(H,23,27)(H2,24,25,26);1H. The van der Waals surface area contributed by atoms with Gasteiger partial charge in [0.25, 0.3) is 5.91 Å². The molecule has 0 aliphatic carbocycles. The van der Waals surface area contributed by atoms with E-state index >= 15 is 0 Å². The quantitative estimate of drug-likeness (QED) is 0.291. The van der Waals surface area contributed by atoms with E-state index in [0.29, 0.717) is 28.1 Å². The Morgan fingerprint density at radius 3 is 2.57 bits per heavy atom. The molecule has 0 aliphatic rings. The van der Waals surface area contributed by atoms with Crippen molar-refractivity contribution in [3.05, 3.63) is 69.2 Å². The van der Waals surface area contributed by atoms with Crippen LogP contribution in [0.3, 0.4) is 0 Å². The summed E-state index contributed by atoms with van der Waals surface area (Å²) >= 11 is 12.2. The molecule has 1 unspecified atom stereocenters. The summed E-state index contributed by atoms with van der Waals surface area (Å²) < 4.78 is 0. The molecule has 0 bridgehead atoms. The largest absolute Gasteiger partial charge is 0.356 e.